The van der Waals surface area contributed by atoms with Crippen LogP contribution in [0.5, 0.6) is 5.75 Å². The molecule has 0 radical (unpaired) electrons. The third-order valence-corrected chi connectivity index (χ3v) is 4.79. The van der Waals surface area contributed by atoms with Crippen molar-refractivity contribution in [3.05, 3.63) is 95.6 Å². The van der Waals surface area contributed by atoms with Gasteiger partial charge in [-0.05, 0) is 46.9 Å². The Kier molecular flexibility index (Phi) is 7.08. The fourth-order valence-electron chi connectivity index (χ4n) is 3.02. The Bertz CT molecular complexity index is 1020. The van der Waals surface area contributed by atoms with Gasteiger partial charge in [0.2, 0.25) is 0 Å². The summed E-state index contributed by atoms with van der Waals surface area (Å²) < 4.78 is 5.58. The molecule has 0 aliphatic rings. The molecule has 0 aliphatic heterocycles. The molecule has 0 fully saturated rings. The molecule has 0 bridgehead atoms. The summed E-state index contributed by atoms with van der Waals surface area (Å²) in [6.45, 7) is 6.77. The SMILES string of the molecule is CC(C)(C)c1ccc(OCC(=O)Nc2cccc(C(=O)NCc3ccccc3)c2)cc1. The second kappa shape index (κ2) is 9.94. The van der Waals surface area contributed by atoms with Crippen LogP contribution in [0, 0.1) is 0 Å². The first kappa shape index (κ1) is 22.1. The van der Waals surface area contributed by atoms with Crippen LogP contribution in [0.15, 0.2) is 78.9 Å². The van der Waals surface area contributed by atoms with E-state index in [1.165, 1.54) is 5.56 Å². The number of hydrogen-bond donors (Lipinski definition) is 2. The number of hydrogen-bond acceptors (Lipinski definition) is 3. The molecule has 31 heavy (non-hydrogen) atoms. The van der Waals surface area contributed by atoms with Crippen LogP contribution in [0.3, 0.4) is 0 Å². The lowest BCUT2D eigenvalue weighted by molar-refractivity contribution is -0.118. The van der Waals surface area contributed by atoms with Crippen molar-refractivity contribution in [3.8, 4) is 5.75 Å². The van der Waals surface area contributed by atoms with E-state index in [-0.39, 0.29) is 23.8 Å². The van der Waals surface area contributed by atoms with Crippen LogP contribution in [-0.4, -0.2) is 18.4 Å². The zero-order valence-corrected chi connectivity index (χ0v) is 18.1. The normalized spacial score (nSPS) is 10.9. The molecular formula is C26H28N2O3. The Hall–Kier alpha value is -3.60. The Morgan fingerprint density at radius 1 is 0.871 bits per heavy atom. The van der Waals surface area contributed by atoms with E-state index in [0.29, 0.717) is 23.5 Å². The van der Waals surface area contributed by atoms with Gasteiger partial charge in [-0.1, -0.05) is 69.3 Å². The number of ether oxygens (including phenoxy) is 1. The Morgan fingerprint density at radius 3 is 2.26 bits per heavy atom. The molecule has 2 N–H and O–H groups in total. The second-order valence-corrected chi connectivity index (χ2v) is 8.36. The molecule has 0 heterocycles. The zero-order valence-electron chi connectivity index (χ0n) is 18.1. The lowest BCUT2D eigenvalue weighted by atomic mass is 9.87. The molecule has 0 unspecified atom stereocenters. The molecule has 0 aliphatic carbocycles. The number of carbonyl (C=O) groups excluding carboxylic acids is 2. The van der Waals surface area contributed by atoms with Gasteiger partial charge in [-0.3, -0.25) is 9.59 Å². The number of anilines is 1. The van der Waals surface area contributed by atoms with Gasteiger partial charge in [0.15, 0.2) is 6.61 Å². The summed E-state index contributed by atoms with van der Waals surface area (Å²) in [5.41, 5.74) is 3.31. The van der Waals surface area contributed by atoms with E-state index in [9.17, 15) is 9.59 Å². The van der Waals surface area contributed by atoms with Crippen molar-refractivity contribution in [2.45, 2.75) is 32.7 Å². The summed E-state index contributed by atoms with van der Waals surface area (Å²) in [6.07, 6.45) is 0. The first-order chi connectivity index (χ1) is 14.8. The summed E-state index contributed by atoms with van der Waals surface area (Å²) in [5, 5.41) is 5.65. The van der Waals surface area contributed by atoms with Crippen LogP contribution in [0.4, 0.5) is 5.69 Å². The lowest BCUT2D eigenvalue weighted by Crippen LogP contribution is -2.23. The van der Waals surface area contributed by atoms with Gasteiger partial charge >= 0.3 is 0 Å². The van der Waals surface area contributed by atoms with Gasteiger partial charge in [0.1, 0.15) is 5.75 Å². The first-order valence-corrected chi connectivity index (χ1v) is 10.3. The zero-order chi connectivity index (χ0) is 22.3. The van der Waals surface area contributed by atoms with Gasteiger partial charge in [0.25, 0.3) is 11.8 Å². The standard InChI is InChI=1S/C26H28N2O3/c1-26(2,3)21-12-14-23(15-13-21)31-18-24(29)28-22-11-7-10-20(16-22)25(30)27-17-19-8-5-4-6-9-19/h4-16H,17-18H2,1-3H3,(H,27,30)(H,28,29). The Balaban J connectivity index is 1.51. The second-order valence-electron chi connectivity index (χ2n) is 8.36. The molecule has 0 saturated carbocycles. The Labute approximate surface area is 183 Å². The number of rotatable bonds is 7. The number of nitrogens with one attached hydrogen (secondary N) is 2. The van der Waals surface area contributed by atoms with E-state index < -0.39 is 0 Å². The summed E-state index contributed by atoms with van der Waals surface area (Å²) in [7, 11) is 0. The molecule has 3 aromatic rings. The largest absolute Gasteiger partial charge is 0.484 e. The highest BCUT2D eigenvalue weighted by Crippen LogP contribution is 2.24. The first-order valence-electron chi connectivity index (χ1n) is 10.3. The van der Waals surface area contributed by atoms with Crippen LogP contribution < -0.4 is 15.4 Å². The fraction of sp³-hybridized carbons (Fsp3) is 0.231. The van der Waals surface area contributed by atoms with Gasteiger partial charge in [0.05, 0.1) is 0 Å². The molecule has 3 aromatic carbocycles. The van der Waals surface area contributed by atoms with Crippen LogP contribution in [0.25, 0.3) is 0 Å². The van der Waals surface area contributed by atoms with E-state index in [1.54, 1.807) is 24.3 Å². The van der Waals surface area contributed by atoms with Crippen molar-refractivity contribution in [1.29, 1.82) is 0 Å². The third kappa shape index (κ3) is 6.71. The molecule has 2 amide bonds. The van der Waals surface area contributed by atoms with Crippen LogP contribution in [-0.2, 0) is 16.8 Å². The molecule has 0 saturated heterocycles. The average molecular weight is 417 g/mol. The average Bonchev–Trinajstić information content (AvgIpc) is 2.76. The summed E-state index contributed by atoms with van der Waals surface area (Å²) in [6, 6.07) is 24.3. The van der Waals surface area contributed by atoms with Crippen LogP contribution in [0.1, 0.15) is 42.3 Å². The molecule has 3 rings (SSSR count). The summed E-state index contributed by atoms with van der Waals surface area (Å²) >= 11 is 0. The van der Waals surface area contributed by atoms with Crippen molar-refractivity contribution < 1.29 is 14.3 Å². The van der Waals surface area contributed by atoms with E-state index in [4.69, 9.17) is 4.74 Å². The van der Waals surface area contributed by atoms with Crippen LogP contribution >= 0.6 is 0 Å². The lowest BCUT2D eigenvalue weighted by Gasteiger charge is -2.19. The predicted molar refractivity (Wildman–Crippen MR) is 123 cm³/mol. The monoisotopic (exact) mass is 416 g/mol. The minimum absolute atomic E-state index is 0.0638. The molecule has 0 atom stereocenters. The maximum atomic E-state index is 12.4. The minimum atomic E-state index is -0.290. The van der Waals surface area contributed by atoms with E-state index in [1.807, 2.05) is 54.6 Å². The molecule has 0 spiro atoms. The molecular weight excluding hydrogens is 388 g/mol. The van der Waals surface area contributed by atoms with Crippen molar-refractivity contribution in [2.75, 3.05) is 11.9 Å². The van der Waals surface area contributed by atoms with Gasteiger partial charge in [-0.15, -0.1) is 0 Å². The van der Waals surface area contributed by atoms with Crippen LogP contribution in [0.2, 0.25) is 0 Å². The van der Waals surface area contributed by atoms with E-state index in [0.717, 1.165) is 5.56 Å². The van der Waals surface area contributed by atoms with E-state index in [2.05, 4.69) is 31.4 Å². The smallest absolute Gasteiger partial charge is 0.262 e. The third-order valence-electron chi connectivity index (χ3n) is 4.79. The Morgan fingerprint density at radius 2 is 1.58 bits per heavy atom. The number of carbonyl (C=O) groups is 2. The molecule has 0 aromatic heterocycles. The quantitative estimate of drug-likeness (QED) is 0.574. The maximum absolute atomic E-state index is 12.4. The minimum Gasteiger partial charge on any atom is -0.484 e. The summed E-state index contributed by atoms with van der Waals surface area (Å²) in [5.74, 6) is 0.147. The highest BCUT2D eigenvalue weighted by atomic mass is 16.5. The predicted octanol–water partition coefficient (Wildman–Crippen LogP) is 4.93. The highest BCUT2D eigenvalue weighted by Gasteiger charge is 2.13. The topological polar surface area (TPSA) is 67.4 Å². The van der Waals surface area contributed by atoms with E-state index >= 15 is 0 Å². The van der Waals surface area contributed by atoms with Gasteiger partial charge in [-0.2, -0.15) is 0 Å². The molecule has 5 nitrogen and oxygen atoms in total. The van der Waals surface area contributed by atoms with Gasteiger partial charge < -0.3 is 15.4 Å². The van der Waals surface area contributed by atoms with Gasteiger partial charge in [-0.25, -0.2) is 0 Å². The van der Waals surface area contributed by atoms with Gasteiger partial charge in [0, 0.05) is 17.8 Å². The number of benzene rings is 3. The number of amides is 2. The van der Waals surface area contributed by atoms with Crippen molar-refractivity contribution >= 4 is 17.5 Å². The van der Waals surface area contributed by atoms with Crippen molar-refractivity contribution in [2.24, 2.45) is 0 Å². The molecule has 160 valence electrons. The highest BCUT2D eigenvalue weighted by molar-refractivity contribution is 5.97. The van der Waals surface area contributed by atoms with Crippen molar-refractivity contribution in [1.82, 2.24) is 5.32 Å². The summed E-state index contributed by atoms with van der Waals surface area (Å²) in [4.78, 5) is 24.7. The van der Waals surface area contributed by atoms with Crippen molar-refractivity contribution in [3.63, 3.8) is 0 Å². The maximum Gasteiger partial charge on any atom is 0.262 e. The molecule has 5 heteroatoms. The fourth-order valence-corrected chi connectivity index (χ4v) is 3.02.